The summed E-state index contributed by atoms with van der Waals surface area (Å²) in [7, 11) is 0. The Morgan fingerprint density at radius 2 is 2.00 bits per heavy atom. The van der Waals surface area contributed by atoms with Crippen LogP contribution in [0.4, 0.5) is 17.2 Å². The summed E-state index contributed by atoms with van der Waals surface area (Å²) in [4.78, 5) is 24.3. The lowest BCUT2D eigenvalue weighted by molar-refractivity contribution is 0.0966. The Hall–Kier alpha value is -3.91. The Morgan fingerprint density at radius 3 is 2.88 bits per heavy atom. The molecule has 2 aliphatic heterocycles. The van der Waals surface area contributed by atoms with Crippen molar-refractivity contribution in [1.29, 1.82) is 0 Å². The molecule has 8 heteroatoms. The number of pyridine rings is 2. The van der Waals surface area contributed by atoms with Crippen molar-refractivity contribution < 1.29 is 9.53 Å². The van der Waals surface area contributed by atoms with Gasteiger partial charge in [-0.25, -0.2) is 9.97 Å². The number of aryl methyl sites for hydroxylation is 1. The minimum absolute atomic E-state index is 0.0785. The molecule has 6 rings (SSSR count). The number of anilines is 3. The zero-order chi connectivity index (χ0) is 23.1. The van der Waals surface area contributed by atoms with Crippen LogP contribution in [0, 0.1) is 6.92 Å². The Kier molecular flexibility index (Phi) is 5.15. The third-order valence-corrected chi connectivity index (χ3v) is 6.51. The fourth-order valence-corrected chi connectivity index (χ4v) is 4.76. The summed E-state index contributed by atoms with van der Waals surface area (Å²) < 4.78 is 7.61. The normalized spacial score (nSPS) is 15.8. The van der Waals surface area contributed by atoms with Crippen LogP contribution in [0.25, 0.3) is 16.9 Å². The van der Waals surface area contributed by atoms with E-state index in [0.717, 1.165) is 72.1 Å². The van der Waals surface area contributed by atoms with Crippen molar-refractivity contribution >= 4 is 28.7 Å². The molecule has 8 nitrogen and oxygen atoms in total. The van der Waals surface area contributed by atoms with E-state index in [9.17, 15) is 4.79 Å². The van der Waals surface area contributed by atoms with Gasteiger partial charge in [0.15, 0.2) is 0 Å². The van der Waals surface area contributed by atoms with Gasteiger partial charge in [0.1, 0.15) is 11.5 Å². The Bertz CT molecular complexity index is 1370. The highest BCUT2D eigenvalue weighted by molar-refractivity contribution is 6.06. The van der Waals surface area contributed by atoms with Crippen molar-refractivity contribution in [3.05, 3.63) is 71.7 Å². The molecule has 0 radical (unpaired) electrons. The first-order valence-electron chi connectivity index (χ1n) is 11.6. The number of rotatable bonds is 4. The van der Waals surface area contributed by atoms with Crippen molar-refractivity contribution in [3.63, 3.8) is 0 Å². The van der Waals surface area contributed by atoms with Gasteiger partial charge in [0.25, 0.3) is 5.91 Å². The van der Waals surface area contributed by atoms with Crippen LogP contribution in [-0.2, 0) is 11.3 Å². The van der Waals surface area contributed by atoms with Crippen molar-refractivity contribution in [2.24, 2.45) is 0 Å². The highest BCUT2D eigenvalue weighted by Gasteiger charge is 2.27. The van der Waals surface area contributed by atoms with E-state index in [1.165, 1.54) is 0 Å². The molecule has 0 unspecified atom stereocenters. The summed E-state index contributed by atoms with van der Waals surface area (Å²) in [5.74, 6) is 0.625. The second-order valence-electron chi connectivity index (χ2n) is 8.75. The molecule has 1 saturated heterocycles. The molecule has 3 aromatic heterocycles. The first-order chi connectivity index (χ1) is 16.7. The molecule has 0 bridgehead atoms. The third-order valence-electron chi connectivity index (χ3n) is 6.51. The molecular weight excluding hydrogens is 428 g/mol. The number of nitrogens with zero attached hydrogens (tertiary/aromatic N) is 4. The first kappa shape index (κ1) is 20.7. The molecule has 0 spiro atoms. The van der Waals surface area contributed by atoms with Gasteiger partial charge in [0.2, 0.25) is 0 Å². The minimum Gasteiger partial charge on any atom is -0.380 e. The SMILES string of the molecule is Cc1ccn2c(-c3ccc(Nc4ccc(N5CCCOCC5)cn4)c4c3CNC4=O)cnc2c1. The van der Waals surface area contributed by atoms with Crippen molar-refractivity contribution in [2.45, 2.75) is 19.9 Å². The highest BCUT2D eigenvalue weighted by atomic mass is 16.5. The van der Waals surface area contributed by atoms with E-state index in [2.05, 4.69) is 61.1 Å². The zero-order valence-electron chi connectivity index (χ0n) is 19.0. The van der Waals surface area contributed by atoms with Gasteiger partial charge in [-0.1, -0.05) is 6.07 Å². The summed E-state index contributed by atoms with van der Waals surface area (Å²) in [5.41, 5.74) is 7.49. The van der Waals surface area contributed by atoms with Gasteiger partial charge < -0.3 is 20.3 Å². The van der Waals surface area contributed by atoms with E-state index < -0.39 is 0 Å². The van der Waals surface area contributed by atoms with Crippen LogP contribution in [0.15, 0.2) is 55.0 Å². The fourth-order valence-electron chi connectivity index (χ4n) is 4.76. The molecule has 1 aromatic carbocycles. The monoisotopic (exact) mass is 454 g/mol. The Morgan fingerprint density at radius 1 is 1.06 bits per heavy atom. The van der Waals surface area contributed by atoms with Gasteiger partial charge in [0, 0.05) is 38.0 Å². The molecular formula is C26H26N6O2. The van der Waals surface area contributed by atoms with Gasteiger partial charge in [-0.05, 0) is 54.8 Å². The standard InChI is InChI=1S/C26H26N6O2/c1-17-7-9-32-22(16-28-24(32)13-17)19-4-5-21(25-20(19)15-29-26(25)33)30-23-6-3-18(14-27-23)31-8-2-11-34-12-10-31/h3-7,9,13-14,16H,2,8,10-12,15H2,1H3,(H,27,30)(H,29,33). The molecule has 0 atom stereocenters. The largest absolute Gasteiger partial charge is 0.380 e. The number of aromatic nitrogens is 3. The molecule has 2 N–H and O–H groups in total. The zero-order valence-corrected chi connectivity index (χ0v) is 19.0. The molecule has 2 aliphatic rings. The number of benzene rings is 1. The highest BCUT2D eigenvalue weighted by Crippen LogP contribution is 2.35. The van der Waals surface area contributed by atoms with E-state index in [-0.39, 0.29) is 5.91 Å². The summed E-state index contributed by atoms with van der Waals surface area (Å²) in [6.45, 7) is 5.92. The molecule has 0 aliphatic carbocycles. The number of hydrogen-bond acceptors (Lipinski definition) is 6. The summed E-state index contributed by atoms with van der Waals surface area (Å²) in [5, 5.41) is 6.34. The minimum atomic E-state index is -0.0785. The van der Waals surface area contributed by atoms with Crippen LogP contribution >= 0.6 is 0 Å². The van der Waals surface area contributed by atoms with Crippen LogP contribution in [-0.4, -0.2) is 46.6 Å². The molecule has 0 saturated carbocycles. The van der Waals surface area contributed by atoms with Gasteiger partial charge in [-0.2, -0.15) is 0 Å². The number of carbonyl (C=O) groups is 1. The lowest BCUT2D eigenvalue weighted by Crippen LogP contribution is -2.25. The van der Waals surface area contributed by atoms with Crippen molar-refractivity contribution in [3.8, 4) is 11.3 Å². The Balaban J connectivity index is 1.32. The molecule has 34 heavy (non-hydrogen) atoms. The van der Waals surface area contributed by atoms with Gasteiger partial charge in [-0.3, -0.25) is 9.20 Å². The lowest BCUT2D eigenvalue weighted by atomic mass is 9.99. The fraction of sp³-hybridized carbons (Fsp3) is 0.269. The Labute approximate surface area is 197 Å². The second-order valence-corrected chi connectivity index (χ2v) is 8.75. The molecule has 4 aromatic rings. The van der Waals surface area contributed by atoms with Gasteiger partial charge >= 0.3 is 0 Å². The van der Waals surface area contributed by atoms with Crippen LogP contribution in [0.5, 0.6) is 0 Å². The molecule has 1 amide bonds. The van der Waals surface area contributed by atoms with Crippen molar-refractivity contribution in [2.75, 3.05) is 36.5 Å². The summed E-state index contributed by atoms with van der Waals surface area (Å²) >= 11 is 0. The van der Waals surface area contributed by atoms with Crippen molar-refractivity contribution in [1.82, 2.24) is 19.7 Å². The third kappa shape index (κ3) is 3.66. The molecule has 5 heterocycles. The average molecular weight is 455 g/mol. The first-order valence-corrected chi connectivity index (χ1v) is 11.6. The summed E-state index contributed by atoms with van der Waals surface area (Å²) in [6, 6.07) is 12.1. The maximum atomic E-state index is 12.8. The van der Waals surface area contributed by atoms with Crippen LogP contribution < -0.4 is 15.5 Å². The molecule has 1 fully saturated rings. The predicted molar refractivity (Wildman–Crippen MR) is 132 cm³/mol. The number of amides is 1. The average Bonchev–Trinajstić information content (AvgIpc) is 3.33. The van der Waals surface area contributed by atoms with Crippen LogP contribution in [0.2, 0.25) is 0 Å². The quantitative estimate of drug-likeness (QED) is 0.486. The van der Waals surface area contributed by atoms with E-state index >= 15 is 0 Å². The second kappa shape index (κ2) is 8.46. The number of imidazole rings is 1. The number of carbonyl (C=O) groups excluding carboxylic acids is 1. The van der Waals surface area contributed by atoms with E-state index in [0.29, 0.717) is 17.9 Å². The maximum Gasteiger partial charge on any atom is 0.254 e. The lowest BCUT2D eigenvalue weighted by Gasteiger charge is -2.21. The van der Waals surface area contributed by atoms with Gasteiger partial charge in [0.05, 0.1) is 41.6 Å². The number of nitrogens with one attached hydrogen (secondary N) is 2. The smallest absolute Gasteiger partial charge is 0.254 e. The van der Waals surface area contributed by atoms with Crippen LogP contribution in [0.3, 0.4) is 0 Å². The topological polar surface area (TPSA) is 83.8 Å². The number of hydrogen-bond donors (Lipinski definition) is 2. The summed E-state index contributed by atoms with van der Waals surface area (Å²) in [6.07, 6.45) is 6.79. The van der Waals surface area contributed by atoms with Gasteiger partial charge in [-0.15, -0.1) is 0 Å². The number of ether oxygens (including phenoxy) is 1. The number of fused-ring (bicyclic) bond motifs is 2. The maximum absolute atomic E-state index is 12.8. The van der Waals surface area contributed by atoms with E-state index in [1.54, 1.807) is 0 Å². The van der Waals surface area contributed by atoms with E-state index in [4.69, 9.17) is 4.74 Å². The predicted octanol–water partition coefficient (Wildman–Crippen LogP) is 3.92. The van der Waals surface area contributed by atoms with E-state index in [1.807, 2.05) is 30.7 Å². The van der Waals surface area contributed by atoms with Crippen LogP contribution in [0.1, 0.15) is 27.9 Å². The molecule has 172 valence electrons.